The first kappa shape index (κ1) is 19.5. The molecule has 7 heteroatoms. The smallest absolute Gasteiger partial charge is 0.317 e. The van der Waals surface area contributed by atoms with Crippen LogP contribution in [0.25, 0.3) is 10.2 Å². The summed E-state index contributed by atoms with van der Waals surface area (Å²) >= 11 is 1.68. The molecule has 1 aliphatic heterocycles. The van der Waals surface area contributed by atoms with Crippen molar-refractivity contribution in [2.24, 2.45) is 0 Å². The van der Waals surface area contributed by atoms with Gasteiger partial charge < -0.3 is 19.9 Å². The molecule has 0 radical (unpaired) electrons. The number of nitrogens with zero attached hydrogens (tertiary/aromatic N) is 3. The summed E-state index contributed by atoms with van der Waals surface area (Å²) in [5.74, 6) is 0.882. The number of aromatic nitrogens is 1. The topological polar surface area (TPSA) is 57.7 Å². The molecule has 1 saturated heterocycles. The number of thiazole rings is 1. The average molecular weight is 411 g/mol. The molecule has 0 bridgehead atoms. The summed E-state index contributed by atoms with van der Waals surface area (Å²) in [4.78, 5) is 21.4. The zero-order valence-electron chi connectivity index (χ0n) is 16.6. The molecule has 2 amide bonds. The van der Waals surface area contributed by atoms with Crippen LogP contribution in [-0.4, -0.2) is 55.2 Å². The van der Waals surface area contributed by atoms with Gasteiger partial charge in [-0.3, -0.25) is 0 Å². The van der Waals surface area contributed by atoms with Gasteiger partial charge in [-0.1, -0.05) is 41.7 Å². The van der Waals surface area contributed by atoms with E-state index < -0.39 is 0 Å². The van der Waals surface area contributed by atoms with Crippen molar-refractivity contribution in [3.8, 4) is 5.75 Å². The van der Waals surface area contributed by atoms with E-state index in [9.17, 15) is 4.79 Å². The Morgan fingerprint density at radius 2 is 1.93 bits per heavy atom. The Morgan fingerprint density at radius 1 is 1.14 bits per heavy atom. The van der Waals surface area contributed by atoms with Gasteiger partial charge in [0.05, 0.1) is 16.8 Å². The van der Waals surface area contributed by atoms with Gasteiger partial charge in [-0.15, -0.1) is 0 Å². The predicted molar refractivity (Wildman–Crippen MR) is 118 cm³/mol. The van der Waals surface area contributed by atoms with E-state index in [1.54, 1.807) is 11.3 Å². The van der Waals surface area contributed by atoms with Gasteiger partial charge >= 0.3 is 6.03 Å². The number of rotatable bonds is 6. The van der Waals surface area contributed by atoms with E-state index in [0.717, 1.165) is 40.6 Å². The van der Waals surface area contributed by atoms with E-state index in [0.29, 0.717) is 26.2 Å². The number of amides is 2. The van der Waals surface area contributed by atoms with E-state index in [1.807, 2.05) is 42.2 Å². The van der Waals surface area contributed by atoms with E-state index in [4.69, 9.17) is 9.72 Å². The van der Waals surface area contributed by atoms with E-state index in [2.05, 4.69) is 28.4 Å². The molecule has 2 heterocycles. The van der Waals surface area contributed by atoms with Gasteiger partial charge in [-0.2, -0.15) is 0 Å². The van der Waals surface area contributed by atoms with Crippen molar-refractivity contribution in [2.45, 2.75) is 13.3 Å². The van der Waals surface area contributed by atoms with E-state index in [-0.39, 0.29) is 6.03 Å². The zero-order valence-corrected chi connectivity index (χ0v) is 17.5. The molecule has 4 rings (SSSR count). The van der Waals surface area contributed by atoms with Crippen LogP contribution in [0.5, 0.6) is 5.75 Å². The first-order valence-electron chi connectivity index (χ1n) is 10.1. The third kappa shape index (κ3) is 4.79. The molecule has 1 aromatic heterocycles. The average Bonchev–Trinajstić information content (AvgIpc) is 3.18. The number of carbonyl (C=O) groups excluding carboxylic acids is 1. The first-order chi connectivity index (χ1) is 14.2. The fourth-order valence-electron chi connectivity index (χ4n) is 3.46. The van der Waals surface area contributed by atoms with Crippen LogP contribution in [0.2, 0.25) is 0 Å². The highest BCUT2D eigenvalue weighted by Crippen LogP contribution is 2.31. The van der Waals surface area contributed by atoms with E-state index >= 15 is 0 Å². The van der Waals surface area contributed by atoms with Gasteiger partial charge in [0.15, 0.2) is 5.13 Å². The molecule has 1 fully saturated rings. The van der Waals surface area contributed by atoms with Crippen LogP contribution in [0, 0.1) is 0 Å². The molecule has 0 unspecified atom stereocenters. The Bertz CT molecular complexity index is 952. The molecule has 0 aliphatic carbocycles. The maximum Gasteiger partial charge on any atom is 0.317 e. The second-order valence-electron chi connectivity index (χ2n) is 7.00. The number of fused-ring (bicyclic) bond motifs is 1. The van der Waals surface area contributed by atoms with Gasteiger partial charge in [0, 0.05) is 32.7 Å². The van der Waals surface area contributed by atoms with Crippen LogP contribution in [0.1, 0.15) is 12.5 Å². The minimum atomic E-state index is 0.0197. The Hall–Kier alpha value is -2.80. The molecule has 3 aromatic rings. The lowest BCUT2D eigenvalue weighted by atomic mass is 10.1. The number of hydrogen-bond acceptors (Lipinski definition) is 5. The van der Waals surface area contributed by atoms with Crippen LogP contribution < -0.4 is 15.0 Å². The van der Waals surface area contributed by atoms with Crippen LogP contribution in [0.4, 0.5) is 9.93 Å². The monoisotopic (exact) mass is 410 g/mol. The summed E-state index contributed by atoms with van der Waals surface area (Å²) in [5.41, 5.74) is 2.23. The highest BCUT2D eigenvalue weighted by atomic mass is 32.1. The molecule has 6 nitrogen and oxygen atoms in total. The number of anilines is 1. The normalized spacial score (nSPS) is 14.2. The highest BCUT2D eigenvalue weighted by Gasteiger charge is 2.23. The predicted octanol–water partition coefficient (Wildman–Crippen LogP) is 3.77. The lowest BCUT2D eigenvalue weighted by Gasteiger charge is -2.34. The van der Waals surface area contributed by atoms with Gasteiger partial charge in [0.1, 0.15) is 5.75 Å². The largest absolute Gasteiger partial charge is 0.494 e. The summed E-state index contributed by atoms with van der Waals surface area (Å²) in [7, 11) is 0. The van der Waals surface area contributed by atoms with Crippen molar-refractivity contribution in [3.05, 3.63) is 54.1 Å². The number of urea groups is 1. The number of nitrogens with one attached hydrogen (secondary N) is 1. The number of piperazine rings is 1. The minimum Gasteiger partial charge on any atom is -0.494 e. The number of ether oxygens (including phenoxy) is 1. The Labute approximate surface area is 175 Å². The highest BCUT2D eigenvalue weighted by molar-refractivity contribution is 7.22. The molecule has 29 heavy (non-hydrogen) atoms. The van der Waals surface area contributed by atoms with E-state index in [1.165, 1.54) is 5.56 Å². The molecule has 0 saturated carbocycles. The van der Waals surface area contributed by atoms with Crippen molar-refractivity contribution in [1.29, 1.82) is 0 Å². The summed E-state index contributed by atoms with van der Waals surface area (Å²) in [6, 6.07) is 16.3. The molecular formula is C22H26N4O2S. The lowest BCUT2D eigenvalue weighted by molar-refractivity contribution is 0.194. The van der Waals surface area contributed by atoms with Crippen LogP contribution in [0.15, 0.2) is 48.5 Å². The molecule has 152 valence electrons. The van der Waals surface area contributed by atoms with Crippen LogP contribution >= 0.6 is 11.3 Å². The maximum atomic E-state index is 12.4. The lowest BCUT2D eigenvalue weighted by Crippen LogP contribution is -2.52. The Morgan fingerprint density at radius 3 is 2.69 bits per heavy atom. The van der Waals surface area contributed by atoms with Gasteiger partial charge in [-0.05, 0) is 37.1 Å². The molecule has 0 spiro atoms. The first-order valence-corrected chi connectivity index (χ1v) is 10.9. The third-order valence-electron chi connectivity index (χ3n) is 5.03. The Kier molecular flexibility index (Phi) is 6.14. The van der Waals surface area contributed by atoms with Crippen molar-refractivity contribution in [2.75, 3.05) is 44.2 Å². The van der Waals surface area contributed by atoms with Gasteiger partial charge in [0.2, 0.25) is 0 Å². The van der Waals surface area contributed by atoms with Crippen molar-refractivity contribution < 1.29 is 9.53 Å². The fraction of sp³-hybridized carbons (Fsp3) is 0.364. The number of benzene rings is 2. The van der Waals surface area contributed by atoms with Gasteiger partial charge in [-0.25, -0.2) is 9.78 Å². The summed E-state index contributed by atoms with van der Waals surface area (Å²) in [6.45, 7) is 6.30. The summed E-state index contributed by atoms with van der Waals surface area (Å²) < 4.78 is 6.72. The second-order valence-corrected chi connectivity index (χ2v) is 8.01. The minimum absolute atomic E-state index is 0.0197. The molecular weight excluding hydrogens is 384 g/mol. The molecule has 1 aliphatic rings. The summed E-state index contributed by atoms with van der Waals surface area (Å²) in [5, 5.41) is 4.05. The fourth-order valence-corrected chi connectivity index (χ4v) is 4.50. The van der Waals surface area contributed by atoms with Crippen LogP contribution in [0.3, 0.4) is 0 Å². The number of hydrogen-bond donors (Lipinski definition) is 1. The SMILES string of the molecule is CCOc1ccc2nc(N3CCN(C(=O)NCCc4ccccc4)CC3)sc2c1. The van der Waals surface area contributed by atoms with Crippen molar-refractivity contribution in [3.63, 3.8) is 0 Å². The molecule has 1 N–H and O–H groups in total. The zero-order chi connectivity index (χ0) is 20.1. The van der Waals surface area contributed by atoms with Crippen LogP contribution in [-0.2, 0) is 6.42 Å². The number of carbonyl (C=O) groups is 1. The summed E-state index contributed by atoms with van der Waals surface area (Å²) in [6.07, 6.45) is 0.849. The van der Waals surface area contributed by atoms with Crippen molar-refractivity contribution in [1.82, 2.24) is 15.2 Å². The van der Waals surface area contributed by atoms with Gasteiger partial charge in [0.25, 0.3) is 0 Å². The third-order valence-corrected chi connectivity index (χ3v) is 6.11. The maximum absolute atomic E-state index is 12.4. The quantitative estimate of drug-likeness (QED) is 0.672. The molecule has 2 aromatic carbocycles. The standard InChI is InChI=1S/C22H26N4O2S/c1-2-28-18-8-9-19-20(16-18)29-22(24-19)26-14-12-25(13-15-26)21(27)23-11-10-17-6-4-3-5-7-17/h3-9,16H,2,10-15H2,1H3,(H,23,27). The molecule has 0 atom stereocenters. The second kappa shape index (κ2) is 9.13. The Balaban J connectivity index is 1.28. The van der Waals surface area contributed by atoms with Crippen molar-refractivity contribution >= 4 is 32.7 Å².